The molecule has 0 radical (unpaired) electrons. The molecule has 152 valence electrons. The summed E-state index contributed by atoms with van der Waals surface area (Å²) in [6.45, 7) is 4.08. The van der Waals surface area contributed by atoms with Gasteiger partial charge < -0.3 is 10.1 Å². The number of benzene rings is 1. The highest BCUT2D eigenvalue weighted by atomic mass is 32.1. The fraction of sp³-hybridized carbons (Fsp3) is 0.217. The molecule has 2 aromatic heterocycles. The van der Waals surface area contributed by atoms with Crippen molar-refractivity contribution in [3.05, 3.63) is 92.1 Å². The van der Waals surface area contributed by atoms with E-state index in [1.165, 1.54) is 4.88 Å². The summed E-state index contributed by atoms with van der Waals surface area (Å²) in [6, 6.07) is 11.7. The lowest BCUT2D eigenvalue weighted by Crippen LogP contribution is -2.31. The zero-order valence-electron chi connectivity index (χ0n) is 16.2. The number of Topliss-reactive ketones (excluding diaryl/α,β-unsaturated/α-hetero) is 1. The molecule has 0 unspecified atom stereocenters. The molecule has 5 rings (SSSR count). The van der Waals surface area contributed by atoms with Gasteiger partial charge in [-0.1, -0.05) is 30.9 Å². The standard InChI is InChI=1S/C23H21N3O3S/c1-2-9-29-15-7-5-13(6-8-15)19-20-16(24-22-21(19)23(28)26-25-22)11-14(12-17(20)27)18-4-3-10-30-18/h2-8,10,14,19H,1,9,11-12H2,(H3,24,25,26,28)/t14-,19-/m0/s1. The number of hydrogen-bond acceptors (Lipinski definition) is 5. The summed E-state index contributed by atoms with van der Waals surface area (Å²) in [5.41, 5.74) is 2.82. The summed E-state index contributed by atoms with van der Waals surface area (Å²) < 4.78 is 5.58. The first kappa shape index (κ1) is 18.7. The summed E-state index contributed by atoms with van der Waals surface area (Å²) in [5.74, 6) is 1.20. The smallest absolute Gasteiger partial charge is 0.270 e. The number of aromatic nitrogens is 2. The fourth-order valence-corrected chi connectivity index (χ4v) is 5.22. The molecule has 3 aromatic rings. The number of carbonyl (C=O) groups is 1. The van der Waals surface area contributed by atoms with Crippen LogP contribution in [0.4, 0.5) is 5.82 Å². The molecule has 6 nitrogen and oxygen atoms in total. The molecule has 0 amide bonds. The third-order valence-electron chi connectivity index (χ3n) is 5.70. The highest BCUT2D eigenvalue weighted by Gasteiger charge is 2.40. The van der Waals surface area contributed by atoms with E-state index in [4.69, 9.17) is 4.74 Å². The second kappa shape index (κ2) is 7.50. The van der Waals surface area contributed by atoms with Gasteiger partial charge in [0.25, 0.3) is 5.56 Å². The van der Waals surface area contributed by atoms with Gasteiger partial charge in [-0.2, -0.15) is 0 Å². The molecule has 0 saturated heterocycles. The highest BCUT2D eigenvalue weighted by Crippen LogP contribution is 2.47. The van der Waals surface area contributed by atoms with Crippen LogP contribution in [0.2, 0.25) is 0 Å². The van der Waals surface area contributed by atoms with Crippen LogP contribution in [0.15, 0.2) is 70.5 Å². The van der Waals surface area contributed by atoms with Crippen LogP contribution in [-0.2, 0) is 4.79 Å². The predicted molar refractivity (Wildman–Crippen MR) is 117 cm³/mol. The van der Waals surface area contributed by atoms with E-state index >= 15 is 0 Å². The van der Waals surface area contributed by atoms with E-state index < -0.39 is 5.92 Å². The van der Waals surface area contributed by atoms with E-state index in [0.717, 1.165) is 23.4 Å². The van der Waals surface area contributed by atoms with E-state index in [-0.39, 0.29) is 17.3 Å². The van der Waals surface area contributed by atoms with E-state index in [2.05, 4.69) is 28.2 Å². The first-order chi connectivity index (χ1) is 14.7. The van der Waals surface area contributed by atoms with E-state index in [1.807, 2.05) is 35.7 Å². The van der Waals surface area contributed by atoms with Crippen molar-refractivity contribution in [3.63, 3.8) is 0 Å². The van der Waals surface area contributed by atoms with Crippen LogP contribution >= 0.6 is 11.3 Å². The van der Waals surface area contributed by atoms with Gasteiger partial charge in [-0.3, -0.25) is 19.8 Å². The van der Waals surface area contributed by atoms with Crippen LogP contribution in [-0.4, -0.2) is 22.6 Å². The monoisotopic (exact) mass is 419 g/mol. The molecule has 7 heteroatoms. The van der Waals surface area contributed by atoms with Gasteiger partial charge in [-0.05, 0) is 35.6 Å². The molecule has 0 saturated carbocycles. The number of ketones is 1. The van der Waals surface area contributed by atoms with Crippen molar-refractivity contribution in [2.75, 3.05) is 11.9 Å². The average Bonchev–Trinajstić information content (AvgIpc) is 3.42. The molecule has 3 heterocycles. The molecule has 0 spiro atoms. The quantitative estimate of drug-likeness (QED) is 0.539. The second-order valence-corrected chi connectivity index (χ2v) is 8.51. The van der Waals surface area contributed by atoms with Gasteiger partial charge in [0.15, 0.2) is 5.78 Å². The number of hydrogen-bond donors (Lipinski definition) is 3. The molecule has 1 aromatic carbocycles. The summed E-state index contributed by atoms with van der Waals surface area (Å²) in [7, 11) is 0. The number of fused-ring (bicyclic) bond motifs is 1. The normalized spacial score (nSPS) is 20.3. The van der Waals surface area contributed by atoms with Gasteiger partial charge in [-0.15, -0.1) is 11.3 Å². The third-order valence-corrected chi connectivity index (χ3v) is 6.74. The van der Waals surface area contributed by atoms with E-state index in [1.54, 1.807) is 17.4 Å². The Morgan fingerprint density at radius 1 is 1.13 bits per heavy atom. The summed E-state index contributed by atoms with van der Waals surface area (Å²) in [4.78, 5) is 27.1. The number of rotatable bonds is 5. The number of carbonyl (C=O) groups excluding carboxylic acids is 1. The summed E-state index contributed by atoms with van der Waals surface area (Å²) >= 11 is 1.68. The summed E-state index contributed by atoms with van der Waals surface area (Å²) in [5, 5.41) is 11.0. The summed E-state index contributed by atoms with van der Waals surface area (Å²) in [6.07, 6.45) is 2.88. The molecule has 1 aliphatic heterocycles. The Morgan fingerprint density at radius 2 is 1.97 bits per heavy atom. The maximum absolute atomic E-state index is 13.3. The van der Waals surface area contributed by atoms with Crippen molar-refractivity contribution in [1.82, 2.24) is 10.2 Å². The molecule has 30 heavy (non-hydrogen) atoms. The lowest BCUT2D eigenvalue weighted by molar-refractivity contribution is -0.116. The van der Waals surface area contributed by atoms with E-state index in [9.17, 15) is 9.59 Å². The maximum atomic E-state index is 13.3. The highest BCUT2D eigenvalue weighted by molar-refractivity contribution is 7.10. The van der Waals surface area contributed by atoms with Crippen molar-refractivity contribution in [1.29, 1.82) is 0 Å². The molecule has 3 N–H and O–H groups in total. The Morgan fingerprint density at radius 3 is 2.70 bits per heavy atom. The van der Waals surface area contributed by atoms with Gasteiger partial charge in [0.1, 0.15) is 18.2 Å². The number of H-pyrrole nitrogens is 2. The second-order valence-electron chi connectivity index (χ2n) is 7.53. The molecule has 0 bridgehead atoms. The van der Waals surface area contributed by atoms with Crippen LogP contribution in [0.5, 0.6) is 5.75 Å². The largest absolute Gasteiger partial charge is 0.490 e. The zero-order valence-corrected chi connectivity index (χ0v) is 17.1. The lowest BCUT2D eigenvalue weighted by atomic mass is 9.74. The number of ether oxygens (including phenoxy) is 1. The third kappa shape index (κ3) is 3.11. The van der Waals surface area contributed by atoms with Gasteiger partial charge in [0, 0.05) is 34.4 Å². The Hall–Kier alpha value is -3.32. The van der Waals surface area contributed by atoms with Crippen LogP contribution in [0.1, 0.15) is 40.7 Å². The topological polar surface area (TPSA) is 87.0 Å². The number of anilines is 1. The minimum atomic E-state index is -0.406. The minimum absolute atomic E-state index is 0.0883. The first-order valence-corrected chi connectivity index (χ1v) is 10.7. The molecular weight excluding hydrogens is 398 g/mol. The molecule has 2 aliphatic rings. The SMILES string of the molecule is C=CCOc1ccc([C@H]2C3=C(C[C@H](c4cccs4)CC3=O)Nc3[nH][nH]c(=O)c32)cc1. The molecular formula is C23H21N3O3S. The van der Waals surface area contributed by atoms with Gasteiger partial charge >= 0.3 is 0 Å². The number of nitrogens with one attached hydrogen (secondary N) is 3. The molecule has 1 aliphatic carbocycles. The lowest BCUT2D eigenvalue weighted by Gasteiger charge is -2.34. The number of allylic oxidation sites excluding steroid dienone is 2. The molecule has 2 atom stereocenters. The van der Waals surface area contributed by atoms with Crippen LogP contribution in [0.3, 0.4) is 0 Å². The van der Waals surface area contributed by atoms with Crippen LogP contribution in [0.25, 0.3) is 0 Å². The average molecular weight is 420 g/mol. The van der Waals surface area contributed by atoms with Crippen molar-refractivity contribution in [2.24, 2.45) is 0 Å². The van der Waals surface area contributed by atoms with Crippen molar-refractivity contribution in [3.8, 4) is 5.75 Å². The number of thiophene rings is 1. The molecule has 0 fully saturated rings. The number of aromatic amines is 2. The Kier molecular flexibility index (Phi) is 4.67. The first-order valence-electron chi connectivity index (χ1n) is 9.86. The Labute approximate surface area is 177 Å². The fourth-order valence-electron chi connectivity index (χ4n) is 4.39. The van der Waals surface area contributed by atoms with Gasteiger partial charge in [-0.25, -0.2) is 0 Å². The minimum Gasteiger partial charge on any atom is -0.490 e. The van der Waals surface area contributed by atoms with Crippen molar-refractivity contribution < 1.29 is 9.53 Å². The Balaban J connectivity index is 1.57. The predicted octanol–water partition coefficient (Wildman–Crippen LogP) is 4.29. The van der Waals surface area contributed by atoms with Crippen LogP contribution < -0.4 is 15.6 Å². The van der Waals surface area contributed by atoms with Gasteiger partial charge in [0.2, 0.25) is 0 Å². The van der Waals surface area contributed by atoms with Crippen molar-refractivity contribution >= 4 is 22.9 Å². The zero-order chi connectivity index (χ0) is 20.7. The van der Waals surface area contributed by atoms with E-state index in [0.29, 0.717) is 30.0 Å². The Bertz CT molecular complexity index is 1190. The van der Waals surface area contributed by atoms with Gasteiger partial charge in [0.05, 0.1) is 5.56 Å². The maximum Gasteiger partial charge on any atom is 0.270 e. The van der Waals surface area contributed by atoms with Crippen molar-refractivity contribution in [2.45, 2.75) is 24.7 Å². The van der Waals surface area contributed by atoms with Crippen LogP contribution in [0, 0.1) is 0 Å².